The molecule has 2 fully saturated rings. The van der Waals surface area contributed by atoms with Crippen LogP contribution in [0.15, 0.2) is 29.2 Å². The minimum absolute atomic E-state index is 0.111. The lowest BCUT2D eigenvalue weighted by Gasteiger charge is -2.34. The topological polar surface area (TPSA) is 79.0 Å². The molecular weight excluding hydrogens is 378 g/mol. The van der Waals surface area contributed by atoms with Crippen molar-refractivity contribution in [3.63, 3.8) is 0 Å². The zero-order valence-electron chi connectivity index (χ0n) is 16.6. The Balaban J connectivity index is 1.43. The van der Waals surface area contributed by atoms with E-state index in [0.29, 0.717) is 50.9 Å². The van der Waals surface area contributed by atoms with E-state index >= 15 is 0 Å². The highest BCUT2D eigenvalue weighted by Gasteiger charge is 2.28. The van der Waals surface area contributed by atoms with Crippen molar-refractivity contribution >= 4 is 15.9 Å². The van der Waals surface area contributed by atoms with Gasteiger partial charge in [-0.1, -0.05) is 19.3 Å². The van der Waals surface area contributed by atoms with E-state index in [0.717, 1.165) is 12.8 Å². The number of hydrogen-bond acceptors (Lipinski definition) is 5. The SMILES string of the molecule is COc1ccc(S(=O)(=O)N2CCN(CCC(=O)NC3CCCCC3)CC2)cc1. The van der Waals surface area contributed by atoms with Gasteiger partial charge in [-0.05, 0) is 37.1 Å². The van der Waals surface area contributed by atoms with E-state index in [-0.39, 0.29) is 10.8 Å². The molecular formula is C20H31N3O4S. The number of hydrogen-bond donors (Lipinski definition) is 1. The van der Waals surface area contributed by atoms with Crippen molar-refractivity contribution in [3.05, 3.63) is 24.3 Å². The maximum atomic E-state index is 12.8. The molecule has 1 N–H and O–H groups in total. The van der Waals surface area contributed by atoms with Crippen molar-refractivity contribution < 1.29 is 17.9 Å². The molecule has 28 heavy (non-hydrogen) atoms. The van der Waals surface area contributed by atoms with E-state index < -0.39 is 10.0 Å². The van der Waals surface area contributed by atoms with E-state index in [1.807, 2.05) is 0 Å². The minimum atomic E-state index is -3.49. The predicted molar refractivity (Wildman–Crippen MR) is 108 cm³/mol. The summed E-state index contributed by atoms with van der Waals surface area (Å²) in [6.45, 7) is 2.85. The van der Waals surface area contributed by atoms with E-state index in [9.17, 15) is 13.2 Å². The fourth-order valence-electron chi connectivity index (χ4n) is 3.90. The third-order valence-electron chi connectivity index (χ3n) is 5.65. The number of nitrogens with zero attached hydrogens (tertiary/aromatic N) is 2. The molecule has 1 saturated heterocycles. The monoisotopic (exact) mass is 409 g/mol. The fourth-order valence-corrected chi connectivity index (χ4v) is 5.32. The number of carbonyl (C=O) groups is 1. The van der Waals surface area contributed by atoms with Crippen molar-refractivity contribution in [2.75, 3.05) is 39.8 Å². The Morgan fingerprint density at radius 3 is 2.32 bits per heavy atom. The average molecular weight is 410 g/mol. The molecule has 1 amide bonds. The van der Waals surface area contributed by atoms with Crippen molar-refractivity contribution in [1.82, 2.24) is 14.5 Å². The smallest absolute Gasteiger partial charge is 0.243 e. The van der Waals surface area contributed by atoms with Gasteiger partial charge in [0.1, 0.15) is 5.75 Å². The number of nitrogens with one attached hydrogen (secondary N) is 1. The highest BCUT2D eigenvalue weighted by atomic mass is 32.2. The van der Waals surface area contributed by atoms with Gasteiger partial charge in [-0.2, -0.15) is 4.31 Å². The third-order valence-corrected chi connectivity index (χ3v) is 7.57. The van der Waals surface area contributed by atoms with Crippen LogP contribution in [-0.2, 0) is 14.8 Å². The second kappa shape index (κ2) is 9.71. The largest absolute Gasteiger partial charge is 0.497 e. The molecule has 0 spiro atoms. The van der Waals surface area contributed by atoms with Gasteiger partial charge in [0, 0.05) is 45.2 Å². The first-order valence-corrected chi connectivity index (χ1v) is 11.6. The Morgan fingerprint density at radius 1 is 1.07 bits per heavy atom. The van der Waals surface area contributed by atoms with Crippen LogP contribution in [0, 0.1) is 0 Å². The number of sulfonamides is 1. The lowest BCUT2D eigenvalue weighted by molar-refractivity contribution is -0.122. The summed E-state index contributed by atoms with van der Waals surface area (Å²) in [7, 11) is -1.94. The molecule has 1 aromatic rings. The molecule has 0 radical (unpaired) electrons. The molecule has 3 rings (SSSR count). The molecule has 1 saturated carbocycles. The van der Waals surface area contributed by atoms with Crippen LogP contribution in [0.1, 0.15) is 38.5 Å². The Bertz CT molecular complexity index is 737. The van der Waals surface area contributed by atoms with E-state index in [4.69, 9.17) is 4.74 Å². The molecule has 0 aromatic heterocycles. The van der Waals surface area contributed by atoms with Crippen molar-refractivity contribution in [1.29, 1.82) is 0 Å². The minimum Gasteiger partial charge on any atom is -0.497 e. The number of ether oxygens (including phenoxy) is 1. The van der Waals surface area contributed by atoms with E-state index in [1.165, 1.54) is 23.6 Å². The molecule has 1 aliphatic carbocycles. The van der Waals surface area contributed by atoms with Gasteiger partial charge in [0.05, 0.1) is 12.0 Å². The van der Waals surface area contributed by atoms with Crippen molar-refractivity contribution in [2.45, 2.75) is 49.5 Å². The van der Waals surface area contributed by atoms with Gasteiger partial charge in [-0.25, -0.2) is 8.42 Å². The number of benzene rings is 1. The van der Waals surface area contributed by atoms with E-state index in [2.05, 4.69) is 10.2 Å². The molecule has 2 aliphatic rings. The third kappa shape index (κ3) is 5.46. The number of rotatable bonds is 7. The van der Waals surface area contributed by atoms with Crippen molar-refractivity contribution in [2.24, 2.45) is 0 Å². The summed E-state index contributed by atoms with van der Waals surface area (Å²) in [5, 5.41) is 3.14. The molecule has 1 aliphatic heterocycles. The maximum absolute atomic E-state index is 12.8. The summed E-state index contributed by atoms with van der Waals surface area (Å²) in [6.07, 6.45) is 6.34. The zero-order chi connectivity index (χ0) is 20.0. The molecule has 0 atom stereocenters. The molecule has 1 aromatic carbocycles. The first-order valence-electron chi connectivity index (χ1n) is 10.1. The Kier molecular flexibility index (Phi) is 7.31. The summed E-state index contributed by atoms with van der Waals surface area (Å²) < 4.78 is 32.2. The van der Waals surface area contributed by atoms with Gasteiger partial charge in [-0.3, -0.25) is 4.79 Å². The quantitative estimate of drug-likeness (QED) is 0.743. The lowest BCUT2D eigenvalue weighted by Crippen LogP contribution is -2.49. The van der Waals surface area contributed by atoms with Gasteiger partial charge >= 0.3 is 0 Å². The summed E-state index contributed by atoms with van der Waals surface area (Å²) in [5.74, 6) is 0.746. The second-order valence-corrected chi connectivity index (χ2v) is 9.51. The number of amides is 1. The van der Waals surface area contributed by atoms with Crippen molar-refractivity contribution in [3.8, 4) is 5.75 Å². The first-order chi connectivity index (χ1) is 13.5. The average Bonchev–Trinajstić information content (AvgIpc) is 2.73. The van der Waals surface area contributed by atoms with Gasteiger partial charge < -0.3 is 15.0 Å². The van der Waals surface area contributed by atoms with Crippen LogP contribution in [-0.4, -0.2) is 69.4 Å². The number of methoxy groups -OCH3 is 1. The first kappa shape index (κ1) is 21.1. The summed E-state index contributed by atoms with van der Waals surface area (Å²) in [5.41, 5.74) is 0. The van der Waals surface area contributed by atoms with Crippen LogP contribution in [0.3, 0.4) is 0 Å². The van der Waals surface area contributed by atoms with Crippen LogP contribution in [0.5, 0.6) is 5.75 Å². The predicted octanol–water partition coefficient (Wildman–Crippen LogP) is 1.84. The summed E-state index contributed by atoms with van der Waals surface area (Å²) in [4.78, 5) is 14.6. The second-order valence-electron chi connectivity index (χ2n) is 7.57. The van der Waals surface area contributed by atoms with Crippen LogP contribution >= 0.6 is 0 Å². The van der Waals surface area contributed by atoms with Gasteiger partial charge in [-0.15, -0.1) is 0 Å². The van der Waals surface area contributed by atoms with Gasteiger partial charge in [0.2, 0.25) is 15.9 Å². The highest BCUT2D eigenvalue weighted by Crippen LogP contribution is 2.21. The summed E-state index contributed by atoms with van der Waals surface area (Å²) >= 11 is 0. The highest BCUT2D eigenvalue weighted by molar-refractivity contribution is 7.89. The van der Waals surface area contributed by atoms with Gasteiger partial charge in [0.25, 0.3) is 0 Å². The molecule has 1 heterocycles. The molecule has 0 bridgehead atoms. The van der Waals surface area contributed by atoms with Crippen LogP contribution in [0.25, 0.3) is 0 Å². The molecule has 156 valence electrons. The van der Waals surface area contributed by atoms with E-state index in [1.54, 1.807) is 31.4 Å². The normalized spacial score (nSPS) is 20.0. The Labute approximate surface area is 168 Å². The Morgan fingerprint density at radius 2 is 1.71 bits per heavy atom. The number of piperazine rings is 1. The molecule has 0 unspecified atom stereocenters. The fraction of sp³-hybridized carbons (Fsp3) is 0.650. The Hall–Kier alpha value is -1.64. The standard InChI is InChI=1S/C20H31N3O4S/c1-27-18-7-9-19(10-8-18)28(25,26)23-15-13-22(14-16-23)12-11-20(24)21-17-5-3-2-4-6-17/h7-10,17H,2-6,11-16H2,1H3,(H,21,24). The van der Waals surface area contributed by atoms with Crippen LogP contribution in [0.2, 0.25) is 0 Å². The van der Waals surface area contributed by atoms with Gasteiger partial charge in [0.15, 0.2) is 0 Å². The molecule has 7 nitrogen and oxygen atoms in total. The van der Waals surface area contributed by atoms with Crippen LogP contribution in [0.4, 0.5) is 0 Å². The summed E-state index contributed by atoms with van der Waals surface area (Å²) in [6, 6.07) is 6.82. The maximum Gasteiger partial charge on any atom is 0.243 e. The molecule has 8 heteroatoms. The van der Waals surface area contributed by atoms with Crippen LogP contribution < -0.4 is 10.1 Å². The zero-order valence-corrected chi connectivity index (χ0v) is 17.4. The lowest BCUT2D eigenvalue weighted by atomic mass is 9.95. The number of carbonyl (C=O) groups excluding carboxylic acids is 1.